The van der Waals surface area contributed by atoms with Gasteiger partial charge in [0.25, 0.3) is 0 Å². The molecule has 2 atom stereocenters. The minimum atomic E-state index is 0.155. The quantitative estimate of drug-likeness (QED) is 0.868. The molecule has 1 saturated heterocycles. The molecule has 3 rings (SSSR count). The number of hydrogen-bond acceptors (Lipinski definition) is 3. The van der Waals surface area contributed by atoms with Gasteiger partial charge in [-0.1, -0.05) is 0 Å². The summed E-state index contributed by atoms with van der Waals surface area (Å²) in [5.74, 6) is 0.988. The number of amides is 1. The van der Waals surface area contributed by atoms with Gasteiger partial charge in [0.2, 0.25) is 5.91 Å². The van der Waals surface area contributed by atoms with Gasteiger partial charge in [-0.2, -0.15) is 0 Å². The zero-order valence-electron chi connectivity index (χ0n) is 11.9. The zero-order chi connectivity index (χ0) is 13.9. The van der Waals surface area contributed by atoms with Crippen LogP contribution in [0.25, 0.3) is 0 Å². The second-order valence-electron chi connectivity index (χ2n) is 5.90. The van der Waals surface area contributed by atoms with Crippen LogP contribution in [0.3, 0.4) is 0 Å². The molecule has 1 saturated carbocycles. The third kappa shape index (κ3) is 3.31. The van der Waals surface area contributed by atoms with Crippen molar-refractivity contribution < 1.29 is 9.53 Å². The number of anilines is 2. The van der Waals surface area contributed by atoms with Crippen LogP contribution in [0.2, 0.25) is 0 Å². The molecular formula is C16H22N2O2. The van der Waals surface area contributed by atoms with Crippen LogP contribution < -0.4 is 10.6 Å². The van der Waals surface area contributed by atoms with Crippen LogP contribution in [-0.2, 0) is 9.53 Å². The molecular weight excluding hydrogens is 252 g/mol. The number of nitrogens with one attached hydrogen (secondary N) is 2. The first kappa shape index (κ1) is 13.4. The number of benzene rings is 1. The highest BCUT2D eigenvalue weighted by molar-refractivity contribution is 5.94. The summed E-state index contributed by atoms with van der Waals surface area (Å²) < 4.78 is 5.42. The van der Waals surface area contributed by atoms with Gasteiger partial charge in [-0.25, -0.2) is 0 Å². The number of carbonyl (C=O) groups excluding carboxylic acids is 1. The van der Waals surface area contributed by atoms with Crippen LogP contribution in [0.15, 0.2) is 24.3 Å². The van der Waals surface area contributed by atoms with E-state index in [2.05, 4.69) is 17.6 Å². The van der Waals surface area contributed by atoms with E-state index in [9.17, 15) is 4.79 Å². The largest absolute Gasteiger partial charge is 0.382 e. The maximum Gasteiger partial charge on any atom is 0.227 e. The topological polar surface area (TPSA) is 50.4 Å². The van der Waals surface area contributed by atoms with E-state index in [0.29, 0.717) is 12.0 Å². The monoisotopic (exact) mass is 274 g/mol. The second-order valence-corrected chi connectivity index (χ2v) is 5.90. The normalized spacial score (nSPS) is 23.4. The van der Waals surface area contributed by atoms with E-state index < -0.39 is 0 Å². The lowest BCUT2D eigenvalue weighted by Gasteiger charge is -2.20. The Hall–Kier alpha value is -1.55. The van der Waals surface area contributed by atoms with Gasteiger partial charge in [-0.15, -0.1) is 0 Å². The summed E-state index contributed by atoms with van der Waals surface area (Å²) in [4.78, 5) is 11.7. The van der Waals surface area contributed by atoms with E-state index in [1.165, 1.54) is 0 Å². The van der Waals surface area contributed by atoms with Crippen LogP contribution in [-0.4, -0.2) is 25.2 Å². The SMILES string of the molecule is CC(Nc1ccc(NC(=O)C2CC2)cc1)C1CCOC1. The molecule has 108 valence electrons. The fourth-order valence-electron chi connectivity index (χ4n) is 2.57. The van der Waals surface area contributed by atoms with Crippen molar-refractivity contribution in [3.63, 3.8) is 0 Å². The molecule has 2 N–H and O–H groups in total. The molecule has 0 spiro atoms. The van der Waals surface area contributed by atoms with Gasteiger partial charge in [-0.3, -0.25) is 4.79 Å². The molecule has 1 heterocycles. The standard InChI is InChI=1S/C16H22N2O2/c1-11(13-8-9-20-10-13)17-14-4-6-15(7-5-14)18-16(19)12-2-3-12/h4-7,11-13,17H,2-3,8-10H2,1H3,(H,18,19). The third-order valence-corrected chi connectivity index (χ3v) is 4.17. The molecule has 4 heteroatoms. The molecule has 0 radical (unpaired) electrons. The molecule has 1 amide bonds. The predicted molar refractivity (Wildman–Crippen MR) is 79.8 cm³/mol. The Labute approximate surface area is 119 Å². The zero-order valence-corrected chi connectivity index (χ0v) is 11.9. The average molecular weight is 274 g/mol. The van der Waals surface area contributed by atoms with Gasteiger partial charge in [0, 0.05) is 35.9 Å². The summed E-state index contributed by atoms with van der Waals surface area (Å²) in [7, 11) is 0. The lowest BCUT2D eigenvalue weighted by Crippen LogP contribution is -2.26. The lowest BCUT2D eigenvalue weighted by molar-refractivity contribution is -0.117. The number of hydrogen-bond donors (Lipinski definition) is 2. The van der Waals surface area contributed by atoms with Crippen molar-refractivity contribution in [2.24, 2.45) is 11.8 Å². The molecule has 20 heavy (non-hydrogen) atoms. The molecule has 1 aliphatic heterocycles. The average Bonchev–Trinajstić information content (AvgIpc) is 3.16. The van der Waals surface area contributed by atoms with Crippen LogP contribution in [0.5, 0.6) is 0 Å². The van der Waals surface area contributed by atoms with Gasteiger partial charge in [0.1, 0.15) is 0 Å². The fraction of sp³-hybridized carbons (Fsp3) is 0.562. The molecule has 1 aromatic carbocycles. The lowest BCUT2D eigenvalue weighted by atomic mass is 10.0. The van der Waals surface area contributed by atoms with Gasteiger partial charge in [0.15, 0.2) is 0 Å². The van der Waals surface area contributed by atoms with Crippen LogP contribution in [0.1, 0.15) is 26.2 Å². The van der Waals surface area contributed by atoms with Crippen molar-refractivity contribution in [3.05, 3.63) is 24.3 Å². The maximum absolute atomic E-state index is 11.7. The number of rotatable bonds is 5. The first-order valence-electron chi connectivity index (χ1n) is 7.47. The molecule has 1 aromatic rings. The fourth-order valence-corrected chi connectivity index (χ4v) is 2.57. The van der Waals surface area contributed by atoms with Crippen molar-refractivity contribution >= 4 is 17.3 Å². The summed E-state index contributed by atoms with van der Waals surface area (Å²) in [6, 6.07) is 8.37. The first-order chi connectivity index (χ1) is 9.72. The summed E-state index contributed by atoms with van der Waals surface area (Å²) >= 11 is 0. The van der Waals surface area contributed by atoms with Gasteiger partial charge in [-0.05, 0) is 50.5 Å². The summed E-state index contributed by atoms with van der Waals surface area (Å²) in [6.45, 7) is 3.93. The van der Waals surface area contributed by atoms with Crippen molar-refractivity contribution in [1.82, 2.24) is 0 Å². The highest BCUT2D eigenvalue weighted by Crippen LogP contribution is 2.30. The van der Waals surface area contributed by atoms with Crippen LogP contribution >= 0.6 is 0 Å². The highest BCUT2D eigenvalue weighted by Gasteiger charge is 2.29. The predicted octanol–water partition coefficient (Wildman–Crippen LogP) is 2.87. The molecule has 0 bridgehead atoms. The Kier molecular flexibility index (Phi) is 3.92. The molecule has 1 aliphatic carbocycles. The van der Waals surface area contributed by atoms with Gasteiger partial charge in [0.05, 0.1) is 6.61 Å². The summed E-state index contributed by atoms with van der Waals surface area (Å²) in [5.41, 5.74) is 1.97. The minimum Gasteiger partial charge on any atom is -0.382 e. The van der Waals surface area contributed by atoms with Crippen molar-refractivity contribution in [2.45, 2.75) is 32.2 Å². The van der Waals surface area contributed by atoms with Crippen molar-refractivity contribution in [1.29, 1.82) is 0 Å². The molecule has 2 unspecified atom stereocenters. The highest BCUT2D eigenvalue weighted by atomic mass is 16.5. The van der Waals surface area contributed by atoms with Crippen LogP contribution in [0.4, 0.5) is 11.4 Å². The van der Waals surface area contributed by atoms with E-state index in [1.54, 1.807) is 0 Å². The molecule has 2 aliphatic rings. The number of carbonyl (C=O) groups is 1. The van der Waals surface area contributed by atoms with Crippen molar-refractivity contribution in [2.75, 3.05) is 23.8 Å². The van der Waals surface area contributed by atoms with E-state index in [0.717, 1.165) is 43.9 Å². The Morgan fingerprint density at radius 2 is 1.90 bits per heavy atom. The van der Waals surface area contributed by atoms with E-state index in [1.807, 2.05) is 24.3 Å². The third-order valence-electron chi connectivity index (χ3n) is 4.17. The molecule has 2 fully saturated rings. The Morgan fingerprint density at radius 3 is 2.50 bits per heavy atom. The Morgan fingerprint density at radius 1 is 1.20 bits per heavy atom. The summed E-state index contributed by atoms with van der Waals surface area (Å²) in [5, 5.41) is 6.46. The smallest absolute Gasteiger partial charge is 0.227 e. The maximum atomic E-state index is 11.7. The Bertz CT molecular complexity index is 462. The number of ether oxygens (including phenoxy) is 1. The first-order valence-corrected chi connectivity index (χ1v) is 7.47. The van der Waals surface area contributed by atoms with E-state index >= 15 is 0 Å². The minimum absolute atomic E-state index is 0.155. The van der Waals surface area contributed by atoms with Gasteiger partial charge >= 0.3 is 0 Å². The molecule has 0 aromatic heterocycles. The van der Waals surface area contributed by atoms with Crippen molar-refractivity contribution in [3.8, 4) is 0 Å². The van der Waals surface area contributed by atoms with E-state index in [4.69, 9.17) is 4.74 Å². The second kappa shape index (κ2) is 5.83. The summed E-state index contributed by atoms with van der Waals surface area (Å²) in [6.07, 6.45) is 3.20. The Balaban J connectivity index is 1.53. The van der Waals surface area contributed by atoms with Crippen LogP contribution in [0, 0.1) is 11.8 Å². The molecule has 4 nitrogen and oxygen atoms in total. The van der Waals surface area contributed by atoms with E-state index in [-0.39, 0.29) is 11.8 Å². The van der Waals surface area contributed by atoms with Gasteiger partial charge < -0.3 is 15.4 Å².